The Hall–Kier alpha value is -1.51. The van der Waals surface area contributed by atoms with Gasteiger partial charge in [0.05, 0.1) is 0 Å². The number of carbonyl (C=O) groups excluding carboxylic acids is 1. The lowest BCUT2D eigenvalue weighted by Crippen LogP contribution is -2.41. The van der Waals surface area contributed by atoms with Crippen molar-refractivity contribution in [3.05, 3.63) is 29.8 Å². The fourth-order valence-corrected chi connectivity index (χ4v) is 2.29. The van der Waals surface area contributed by atoms with Gasteiger partial charge in [-0.05, 0) is 31.0 Å². The fourth-order valence-electron chi connectivity index (χ4n) is 2.29. The van der Waals surface area contributed by atoms with Crippen molar-refractivity contribution in [3.8, 4) is 5.75 Å². The van der Waals surface area contributed by atoms with Crippen molar-refractivity contribution in [2.24, 2.45) is 10.7 Å². The van der Waals surface area contributed by atoms with Crippen LogP contribution in [0.5, 0.6) is 5.75 Å². The van der Waals surface area contributed by atoms with Gasteiger partial charge in [0, 0.05) is 19.6 Å². The number of nitrogens with zero attached hydrogens (tertiary/aromatic N) is 1. The van der Waals surface area contributed by atoms with Gasteiger partial charge in [-0.1, -0.05) is 38.3 Å². The topological polar surface area (TPSA) is 88.7 Å². The van der Waals surface area contributed by atoms with Crippen LogP contribution in [-0.4, -0.2) is 31.6 Å². The van der Waals surface area contributed by atoms with E-state index < -0.39 is 5.91 Å². The van der Waals surface area contributed by atoms with Crippen LogP contribution in [0.3, 0.4) is 0 Å². The smallest absolute Gasteiger partial charge is 0.255 e. The molecule has 0 aliphatic rings. The average Bonchev–Trinajstić information content (AvgIpc) is 2.57. The summed E-state index contributed by atoms with van der Waals surface area (Å²) in [7, 11) is 1.76. The van der Waals surface area contributed by atoms with Crippen molar-refractivity contribution in [1.29, 1.82) is 0 Å². The van der Waals surface area contributed by atoms with Gasteiger partial charge in [0.15, 0.2) is 12.6 Å². The number of ether oxygens (including phenoxy) is 1. The number of nitrogens with one attached hydrogen (secondary N) is 2. The Kier molecular flexibility index (Phi) is 12.9. The summed E-state index contributed by atoms with van der Waals surface area (Å²) >= 11 is 0. The van der Waals surface area contributed by atoms with E-state index in [1.807, 2.05) is 18.2 Å². The minimum absolute atomic E-state index is 0. The molecule has 1 amide bonds. The number of guanidine groups is 1. The summed E-state index contributed by atoms with van der Waals surface area (Å²) in [4.78, 5) is 15.0. The molecule has 0 fully saturated rings. The zero-order valence-corrected chi connectivity index (χ0v) is 17.7. The predicted molar refractivity (Wildman–Crippen MR) is 113 cm³/mol. The molecule has 0 aromatic heterocycles. The van der Waals surface area contributed by atoms with Gasteiger partial charge in [0.2, 0.25) is 0 Å². The lowest BCUT2D eigenvalue weighted by Gasteiger charge is -2.18. The Labute approximate surface area is 168 Å². The molecule has 0 bridgehead atoms. The third kappa shape index (κ3) is 10.9. The first-order valence-corrected chi connectivity index (χ1v) is 8.52. The first-order chi connectivity index (χ1) is 11.5. The van der Waals surface area contributed by atoms with Gasteiger partial charge in [-0.3, -0.25) is 9.79 Å². The van der Waals surface area contributed by atoms with Crippen LogP contribution in [0.25, 0.3) is 0 Å². The van der Waals surface area contributed by atoms with Crippen LogP contribution >= 0.6 is 24.0 Å². The SMILES string of the molecule is CCCCCC(C)NC(=NC)NCc1cccc(OCC(N)=O)c1.I. The molecular formula is C18H31IN4O2. The van der Waals surface area contributed by atoms with Crippen LogP contribution in [0.1, 0.15) is 45.1 Å². The molecule has 0 radical (unpaired) electrons. The van der Waals surface area contributed by atoms with Crippen LogP contribution in [0.2, 0.25) is 0 Å². The lowest BCUT2D eigenvalue weighted by molar-refractivity contribution is -0.119. The van der Waals surface area contributed by atoms with E-state index in [9.17, 15) is 4.79 Å². The van der Waals surface area contributed by atoms with Crippen molar-refractivity contribution in [2.45, 2.75) is 52.1 Å². The maximum absolute atomic E-state index is 10.8. The largest absolute Gasteiger partial charge is 0.484 e. The highest BCUT2D eigenvalue weighted by Gasteiger charge is 2.05. The van der Waals surface area contributed by atoms with Gasteiger partial charge in [-0.2, -0.15) is 0 Å². The number of carbonyl (C=O) groups is 1. The van der Waals surface area contributed by atoms with Crippen LogP contribution in [0, 0.1) is 0 Å². The van der Waals surface area contributed by atoms with Crippen molar-refractivity contribution in [3.63, 3.8) is 0 Å². The molecule has 1 atom stereocenters. The molecule has 0 aliphatic carbocycles. The van der Waals surface area contributed by atoms with E-state index in [1.54, 1.807) is 13.1 Å². The zero-order valence-electron chi connectivity index (χ0n) is 15.4. The highest BCUT2D eigenvalue weighted by molar-refractivity contribution is 14.0. The predicted octanol–water partition coefficient (Wildman–Crippen LogP) is 2.80. The standard InChI is InChI=1S/C18H30N4O2.HI/c1-4-5-6-8-14(2)22-18(20-3)21-12-15-9-7-10-16(11-15)24-13-17(19)23;/h7,9-11,14H,4-6,8,12-13H2,1-3H3,(H2,19,23)(H2,20,21,22);1H. The number of primary amides is 1. The summed E-state index contributed by atoms with van der Waals surface area (Å²) in [5, 5.41) is 6.69. The molecule has 1 unspecified atom stereocenters. The highest BCUT2D eigenvalue weighted by atomic mass is 127. The number of unbranched alkanes of at least 4 members (excludes halogenated alkanes) is 2. The molecule has 4 N–H and O–H groups in total. The Bertz CT molecular complexity index is 538. The Morgan fingerprint density at radius 3 is 2.76 bits per heavy atom. The Morgan fingerprint density at radius 2 is 2.12 bits per heavy atom. The van der Waals surface area contributed by atoms with Gasteiger partial charge >= 0.3 is 0 Å². The minimum Gasteiger partial charge on any atom is -0.484 e. The van der Waals surface area contributed by atoms with Crippen LogP contribution in [0.15, 0.2) is 29.3 Å². The molecule has 0 heterocycles. The normalized spacial score (nSPS) is 12.0. The first-order valence-electron chi connectivity index (χ1n) is 8.52. The summed E-state index contributed by atoms with van der Waals surface area (Å²) in [5.41, 5.74) is 6.12. The average molecular weight is 462 g/mol. The number of hydrogen-bond donors (Lipinski definition) is 3. The highest BCUT2D eigenvalue weighted by Crippen LogP contribution is 2.13. The Balaban J connectivity index is 0.00000576. The molecule has 0 saturated carbocycles. The van der Waals surface area contributed by atoms with E-state index in [2.05, 4.69) is 29.5 Å². The number of halogens is 1. The van der Waals surface area contributed by atoms with Crippen molar-refractivity contribution < 1.29 is 9.53 Å². The van der Waals surface area contributed by atoms with Gasteiger partial charge in [0.25, 0.3) is 5.91 Å². The summed E-state index contributed by atoms with van der Waals surface area (Å²) in [5.74, 6) is 0.923. The maximum Gasteiger partial charge on any atom is 0.255 e. The molecular weight excluding hydrogens is 431 g/mol. The second-order valence-corrected chi connectivity index (χ2v) is 5.87. The summed E-state index contributed by atoms with van der Waals surface area (Å²) in [6, 6.07) is 7.94. The van der Waals surface area contributed by atoms with Crippen molar-refractivity contribution in [2.75, 3.05) is 13.7 Å². The fraction of sp³-hybridized carbons (Fsp3) is 0.556. The van der Waals surface area contributed by atoms with Crippen LogP contribution in [0.4, 0.5) is 0 Å². The molecule has 7 heteroatoms. The van der Waals surface area contributed by atoms with Crippen molar-refractivity contribution >= 4 is 35.8 Å². The number of nitrogens with two attached hydrogens (primary N) is 1. The third-order valence-corrected chi connectivity index (χ3v) is 3.59. The lowest BCUT2D eigenvalue weighted by atomic mass is 10.1. The molecule has 0 aliphatic heterocycles. The second kappa shape index (κ2) is 13.7. The monoisotopic (exact) mass is 462 g/mol. The van der Waals surface area contributed by atoms with Gasteiger partial charge in [-0.15, -0.1) is 24.0 Å². The first kappa shape index (κ1) is 23.5. The molecule has 1 aromatic carbocycles. The van der Waals surface area contributed by atoms with Crippen LogP contribution < -0.4 is 21.1 Å². The van der Waals surface area contributed by atoms with E-state index in [1.165, 1.54) is 19.3 Å². The quantitative estimate of drug-likeness (QED) is 0.216. The van der Waals surface area contributed by atoms with Gasteiger partial charge in [0.1, 0.15) is 5.75 Å². The van der Waals surface area contributed by atoms with E-state index >= 15 is 0 Å². The number of hydrogen-bond acceptors (Lipinski definition) is 3. The number of aliphatic imine (C=N–C) groups is 1. The summed E-state index contributed by atoms with van der Waals surface area (Å²) < 4.78 is 5.31. The molecule has 1 rings (SSSR count). The Morgan fingerprint density at radius 1 is 1.36 bits per heavy atom. The second-order valence-electron chi connectivity index (χ2n) is 5.87. The number of rotatable bonds is 10. The van der Waals surface area contributed by atoms with Gasteiger partial charge in [-0.25, -0.2) is 0 Å². The summed E-state index contributed by atoms with van der Waals surface area (Å²) in [6.45, 7) is 4.88. The van der Waals surface area contributed by atoms with E-state index in [0.29, 0.717) is 18.3 Å². The summed E-state index contributed by atoms with van der Waals surface area (Å²) in [6.07, 6.45) is 4.84. The van der Waals surface area contributed by atoms with Gasteiger partial charge < -0.3 is 21.1 Å². The maximum atomic E-state index is 10.8. The van der Waals surface area contributed by atoms with E-state index in [0.717, 1.165) is 17.9 Å². The van der Waals surface area contributed by atoms with Crippen molar-refractivity contribution in [1.82, 2.24) is 10.6 Å². The number of amides is 1. The third-order valence-electron chi connectivity index (χ3n) is 3.59. The van der Waals surface area contributed by atoms with Crippen LogP contribution in [-0.2, 0) is 11.3 Å². The molecule has 0 saturated heterocycles. The molecule has 0 spiro atoms. The minimum atomic E-state index is -0.486. The zero-order chi connectivity index (χ0) is 17.8. The number of benzene rings is 1. The molecule has 1 aromatic rings. The van der Waals surface area contributed by atoms with E-state index in [-0.39, 0.29) is 30.6 Å². The molecule has 6 nitrogen and oxygen atoms in total. The molecule has 142 valence electrons. The molecule has 25 heavy (non-hydrogen) atoms. The van der Waals surface area contributed by atoms with E-state index in [4.69, 9.17) is 10.5 Å².